The zero-order chi connectivity index (χ0) is 16.4. The van der Waals surface area contributed by atoms with E-state index >= 15 is 0 Å². The van der Waals surface area contributed by atoms with E-state index in [0.29, 0.717) is 6.54 Å². The smallest absolute Gasteiger partial charge is 0.337 e. The second kappa shape index (κ2) is 6.46. The molecule has 0 fully saturated rings. The van der Waals surface area contributed by atoms with Crippen molar-refractivity contribution in [2.24, 2.45) is 0 Å². The Balaban J connectivity index is 1.72. The number of halogens is 1. The number of hydrogen-bond donors (Lipinski definition) is 1. The number of rotatable bonds is 3. The molecule has 2 aromatic rings. The Morgan fingerprint density at radius 3 is 2.91 bits per heavy atom. The van der Waals surface area contributed by atoms with E-state index in [-0.39, 0.29) is 17.3 Å². The topological polar surface area (TPSA) is 53.4 Å². The molecule has 0 saturated carbocycles. The molecular formula is C18H19FN2O2. The fourth-order valence-corrected chi connectivity index (χ4v) is 3.12. The summed E-state index contributed by atoms with van der Waals surface area (Å²) < 4.78 is 13.5. The third kappa shape index (κ3) is 3.56. The van der Waals surface area contributed by atoms with Crippen molar-refractivity contribution in [2.45, 2.75) is 25.8 Å². The van der Waals surface area contributed by atoms with Crippen LogP contribution in [0.2, 0.25) is 0 Å². The number of hydrogen-bond acceptors (Lipinski definition) is 3. The van der Waals surface area contributed by atoms with Gasteiger partial charge in [-0.15, -0.1) is 0 Å². The maximum Gasteiger partial charge on any atom is 0.337 e. The predicted molar refractivity (Wildman–Crippen MR) is 85.0 cm³/mol. The van der Waals surface area contributed by atoms with Crippen LogP contribution in [0, 0.1) is 5.82 Å². The highest BCUT2D eigenvalue weighted by molar-refractivity contribution is 5.87. The van der Waals surface area contributed by atoms with Gasteiger partial charge in [-0.25, -0.2) is 9.18 Å². The van der Waals surface area contributed by atoms with Crippen LogP contribution < -0.4 is 0 Å². The minimum absolute atomic E-state index is 0.185. The number of aromatic carboxylic acids is 1. The van der Waals surface area contributed by atoms with Gasteiger partial charge in [-0.3, -0.25) is 9.88 Å². The van der Waals surface area contributed by atoms with Crippen molar-refractivity contribution in [1.29, 1.82) is 0 Å². The largest absolute Gasteiger partial charge is 0.478 e. The van der Waals surface area contributed by atoms with E-state index in [1.165, 1.54) is 17.8 Å². The van der Waals surface area contributed by atoms with Crippen LogP contribution in [0.5, 0.6) is 0 Å². The average molecular weight is 314 g/mol. The maximum atomic E-state index is 13.5. The van der Waals surface area contributed by atoms with Crippen LogP contribution in [0.15, 0.2) is 36.5 Å². The molecule has 120 valence electrons. The summed E-state index contributed by atoms with van der Waals surface area (Å²) in [6.45, 7) is 4.49. The molecule has 1 aliphatic heterocycles. The zero-order valence-corrected chi connectivity index (χ0v) is 13.0. The van der Waals surface area contributed by atoms with Gasteiger partial charge in [0.1, 0.15) is 5.82 Å². The second-order valence-electron chi connectivity index (χ2n) is 6.07. The van der Waals surface area contributed by atoms with Crippen LogP contribution in [0.4, 0.5) is 4.39 Å². The van der Waals surface area contributed by atoms with Gasteiger partial charge in [-0.1, -0.05) is 13.0 Å². The van der Waals surface area contributed by atoms with Gasteiger partial charge in [0.05, 0.1) is 11.3 Å². The van der Waals surface area contributed by atoms with Gasteiger partial charge in [0.2, 0.25) is 0 Å². The third-order valence-corrected chi connectivity index (χ3v) is 4.33. The van der Waals surface area contributed by atoms with E-state index in [0.717, 1.165) is 30.8 Å². The first-order chi connectivity index (χ1) is 11.0. The summed E-state index contributed by atoms with van der Waals surface area (Å²) in [7, 11) is 0. The molecule has 5 heteroatoms. The van der Waals surface area contributed by atoms with Crippen LogP contribution in [0.1, 0.15) is 40.0 Å². The number of pyridine rings is 1. The SMILES string of the molecule is CC1CN(Cc2ccc(C(=O)O)cn2)CCc2ccc(F)cc21. The molecule has 23 heavy (non-hydrogen) atoms. The van der Waals surface area contributed by atoms with Crippen molar-refractivity contribution in [1.82, 2.24) is 9.88 Å². The molecule has 4 nitrogen and oxygen atoms in total. The molecular weight excluding hydrogens is 295 g/mol. The fraction of sp³-hybridized carbons (Fsp3) is 0.333. The molecule has 1 N–H and O–H groups in total. The Hall–Kier alpha value is -2.27. The van der Waals surface area contributed by atoms with Crippen molar-refractivity contribution < 1.29 is 14.3 Å². The van der Waals surface area contributed by atoms with Crippen molar-refractivity contribution in [3.63, 3.8) is 0 Å². The lowest BCUT2D eigenvalue weighted by atomic mass is 9.95. The molecule has 0 radical (unpaired) electrons. The lowest BCUT2D eigenvalue weighted by Gasteiger charge is -2.22. The number of carbonyl (C=O) groups is 1. The minimum Gasteiger partial charge on any atom is -0.478 e. The molecule has 1 aliphatic rings. The Bertz CT molecular complexity index is 715. The van der Waals surface area contributed by atoms with Gasteiger partial charge in [-0.2, -0.15) is 0 Å². The van der Waals surface area contributed by atoms with Crippen molar-refractivity contribution in [3.8, 4) is 0 Å². The van der Waals surface area contributed by atoms with Crippen LogP contribution in [-0.4, -0.2) is 34.0 Å². The van der Waals surface area contributed by atoms with E-state index in [1.54, 1.807) is 18.2 Å². The Kier molecular flexibility index (Phi) is 4.39. The maximum absolute atomic E-state index is 13.5. The highest BCUT2D eigenvalue weighted by Gasteiger charge is 2.20. The van der Waals surface area contributed by atoms with Gasteiger partial charge >= 0.3 is 5.97 Å². The first-order valence-electron chi connectivity index (χ1n) is 7.72. The zero-order valence-electron chi connectivity index (χ0n) is 13.0. The van der Waals surface area contributed by atoms with Crippen molar-refractivity contribution in [3.05, 3.63) is 64.7 Å². The van der Waals surface area contributed by atoms with Gasteiger partial charge in [0.25, 0.3) is 0 Å². The lowest BCUT2D eigenvalue weighted by molar-refractivity contribution is 0.0696. The average Bonchev–Trinajstić information content (AvgIpc) is 2.67. The predicted octanol–water partition coefficient (Wildman–Crippen LogP) is 3.08. The van der Waals surface area contributed by atoms with E-state index in [9.17, 15) is 9.18 Å². The standard InChI is InChI=1S/C18H19FN2O2/c1-12-10-21(7-6-13-2-4-15(19)8-17(12)13)11-16-5-3-14(9-20-16)18(22)23/h2-5,8-9,12H,6-7,10-11H2,1H3,(H,22,23). The molecule has 0 spiro atoms. The third-order valence-electron chi connectivity index (χ3n) is 4.33. The molecule has 1 unspecified atom stereocenters. The summed E-state index contributed by atoms with van der Waals surface area (Å²) in [5, 5.41) is 8.91. The van der Waals surface area contributed by atoms with Gasteiger partial charge in [-0.05, 0) is 47.7 Å². The van der Waals surface area contributed by atoms with Gasteiger partial charge < -0.3 is 5.11 Å². The van der Waals surface area contributed by atoms with Gasteiger partial charge in [0.15, 0.2) is 0 Å². The fourth-order valence-electron chi connectivity index (χ4n) is 3.12. The number of carboxylic acid groups (broad SMARTS) is 1. The molecule has 1 aromatic carbocycles. The Morgan fingerprint density at radius 1 is 1.39 bits per heavy atom. The first-order valence-corrected chi connectivity index (χ1v) is 7.72. The Labute approximate surface area is 134 Å². The Morgan fingerprint density at radius 2 is 2.22 bits per heavy atom. The molecule has 0 bridgehead atoms. The monoisotopic (exact) mass is 314 g/mol. The lowest BCUT2D eigenvalue weighted by Crippen LogP contribution is -2.27. The normalized spacial score (nSPS) is 18.3. The summed E-state index contributed by atoms with van der Waals surface area (Å²) >= 11 is 0. The quantitative estimate of drug-likeness (QED) is 0.946. The van der Waals surface area contributed by atoms with Crippen LogP contribution >= 0.6 is 0 Å². The number of nitrogens with zero attached hydrogens (tertiary/aromatic N) is 2. The molecule has 1 atom stereocenters. The number of fused-ring (bicyclic) bond motifs is 1. The number of aromatic nitrogens is 1. The molecule has 3 rings (SSSR count). The molecule has 1 aromatic heterocycles. The van der Waals surface area contributed by atoms with E-state index in [4.69, 9.17) is 5.11 Å². The van der Waals surface area contributed by atoms with Crippen molar-refractivity contribution >= 4 is 5.97 Å². The summed E-state index contributed by atoms with van der Waals surface area (Å²) in [5.41, 5.74) is 3.33. The summed E-state index contributed by atoms with van der Waals surface area (Å²) in [6.07, 6.45) is 2.27. The van der Waals surface area contributed by atoms with Gasteiger partial charge in [0, 0.05) is 25.8 Å². The van der Waals surface area contributed by atoms with E-state index in [2.05, 4.69) is 16.8 Å². The number of carboxylic acids is 1. The highest BCUT2D eigenvalue weighted by atomic mass is 19.1. The van der Waals surface area contributed by atoms with E-state index < -0.39 is 5.97 Å². The summed E-state index contributed by atoms with van der Waals surface area (Å²) in [5.74, 6) is -0.901. The van der Waals surface area contributed by atoms with Crippen LogP contribution in [0.25, 0.3) is 0 Å². The second-order valence-corrected chi connectivity index (χ2v) is 6.07. The molecule has 0 amide bonds. The first kappa shape index (κ1) is 15.6. The molecule has 2 heterocycles. The van der Waals surface area contributed by atoms with Crippen LogP contribution in [-0.2, 0) is 13.0 Å². The summed E-state index contributed by atoms with van der Waals surface area (Å²) in [4.78, 5) is 17.4. The van der Waals surface area contributed by atoms with Crippen LogP contribution in [0.3, 0.4) is 0 Å². The van der Waals surface area contributed by atoms with Crippen molar-refractivity contribution in [2.75, 3.05) is 13.1 Å². The highest BCUT2D eigenvalue weighted by Crippen LogP contribution is 2.26. The van der Waals surface area contributed by atoms with E-state index in [1.807, 2.05) is 6.07 Å². The molecule has 0 saturated heterocycles. The molecule has 0 aliphatic carbocycles. The summed E-state index contributed by atoms with van der Waals surface area (Å²) in [6, 6.07) is 8.38. The number of benzene rings is 1. The minimum atomic E-state index is -0.968.